The van der Waals surface area contributed by atoms with Crippen LogP contribution in [-0.2, 0) is 14.3 Å². The monoisotopic (exact) mass is 544 g/mol. The predicted molar refractivity (Wildman–Crippen MR) is 120 cm³/mol. The molecule has 1 heterocycles. The lowest BCUT2D eigenvalue weighted by molar-refractivity contribution is -0.335. The molecule has 0 radical (unpaired) electrons. The van der Waals surface area contributed by atoms with Crippen LogP contribution in [0.15, 0.2) is 48.5 Å². The molecule has 0 aromatic heterocycles. The smallest absolute Gasteiger partial charge is 0.407 e. The molecule has 0 spiro atoms. The van der Waals surface area contributed by atoms with Gasteiger partial charge >= 0.3 is 29.8 Å². The summed E-state index contributed by atoms with van der Waals surface area (Å²) in [5.41, 5.74) is 3.57. The fraction of sp³-hybridized carbons (Fsp3) is 0.400. The molecule has 204 valence electrons. The third kappa shape index (κ3) is 4.88. The van der Waals surface area contributed by atoms with E-state index in [9.17, 15) is 40.7 Å². The summed E-state index contributed by atoms with van der Waals surface area (Å²) in [4.78, 5) is 36.1. The molecular weight excluding hydrogens is 522 g/mol. The zero-order chi connectivity index (χ0) is 27.9. The summed E-state index contributed by atoms with van der Waals surface area (Å²) in [5.74, 6) is -19.6. The van der Waals surface area contributed by atoms with E-state index in [2.05, 4.69) is 0 Å². The largest absolute Gasteiger partial charge is 0.481 e. The number of carboxylic acids is 1. The molecular formula is C25H22F6N2O5. The SMILES string of the molecule is O=C(O)CC[C@H](NC(=O)OCC1c2ccccc2-c2ccccc21)C(=O)N1CC(F)(F)C(F)(F)C(F)(F)C1. The van der Waals surface area contributed by atoms with E-state index in [-0.39, 0.29) is 17.4 Å². The zero-order valence-electron chi connectivity index (χ0n) is 19.6. The molecule has 7 nitrogen and oxygen atoms in total. The second-order valence-electron chi connectivity index (χ2n) is 9.13. The number of alkyl carbamates (subject to hydrolysis) is 1. The van der Waals surface area contributed by atoms with Crippen molar-refractivity contribution in [1.82, 2.24) is 10.2 Å². The number of likely N-dealkylation sites (tertiary alicyclic amines) is 1. The number of hydrogen-bond donors (Lipinski definition) is 2. The molecule has 2 amide bonds. The summed E-state index contributed by atoms with van der Waals surface area (Å²) in [7, 11) is 0. The second-order valence-corrected chi connectivity index (χ2v) is 9.13. The van der Waals surface area contributed by atoms with Crippen LogP contribution in [0.25, 0.3) is 11.1 Å². The van der Waals surface area contributed by atoms with Gasteiger partial charge in [0.25, 0.3) is 0 Å². The minimum atomic E-state index is -5.70. The van der Waals surface area contributed by atoms with Crippen molar-refractivity contribution in [1.29, 1.82) is 0 Å². The van der Waals surface area contributed by atoms with Gasteiger partial charge in [-0.25, -0.2) is 4.79 Å². The van der Waals surface area contributed by atoms with Crippen LogP contribution in [0.2, 0.25) is 0 Å². The lowest BCUT2D eigenvalue weighted by atomic mass is 9.97. The van der Waals surface area contributed by atoms with Gasteiger partial charge in [0.1, 0.15) is 12.6 Å². The first-order valence-electron chi connectivity index (χ1n) is 11.5. The first-order valence-corrected chi connectivity index (χ1v) is 11.5. The van der Waals surface area contributed by atoms with Crippen LogP contribution in [0.5, 0.6) is 0 Å². The van der Waals surface area contributed by atoms with Crippen LogP contribution in [-0.4, -0.2) is 71.5 Å². The molecule has 0 bridgehead atoms. The van der Waals surface area contributed by atoms with E-state index < -0.39 is 67.7 Å². The van der Waals surface area contributed by atoms with Crippen LogP contribution in [0.4, 0.5) is 31.1 Å². The van der Waals surface area contributed by atoms with E-state index in [4.69, 9.17) is 9.84 Å². The van der Waals surface area contributed by atoms with Crippen molar-refractivity contribution in [3.8, 4) is 11.1 Å². The number of carbonyl (C=O) groups is 3. The number of fused-ring (bicyclic) bond motifs is 3. The Hall–Kier alpha value is -3.77. The number of benzene rings is 2. The van der Waals surface area contributed by atoms with Gasteiger partial charge in [0.2, 0.25) is 5.91 Å². The molecule has 2 aliphatic rings. The number of ether oxygens (including phenoxy) is 1. The summed E-state index contributed by atoms with van der Waals surface area (Å²) in [6, 6.07) is 12.9. The number of hydrogen-bond acceptors (Lipinski definition) is 4. The maximum atomic E-state index is 13.8. The van der Waals surface area contributed by atoms with Gasteiger partial charge in [0.05, 0.1) is 13.1 Å². The summed E-state index contributed by atoms with van der Waals surface area (Å²) in [5, 5.41) is 11.0. The Morgan fingerprint density at radius 3 is 1.92 bits per heavy atom. The standard InChI is InChI=1S/C25H22F6N2O5/c26-23(27)12-33(13-24(28,29)25(23,30)31)21(36)19(9-10-20(34)35)32-22(37)38-11-18-16-7-3-1-5-14(16)15-6-2-4-8-17(15)18/h1-8,18-19H,9-13H2,(H,32,37)(H,34,35)/t19-/m0/s1. The molecule has 0 unspecified atom stereocenters. The summed E-state index contributed by atoms with van der Waals surface area (Å²) >= 11 is 0. The summed E-state index contributed by atoms with van der Waals surface area (Å²) < 4.78 is 87.6. The predicted octanol–water partition coefficient (Wildman–Crippen LogP) is 4.51. The van der Waals surface area contributed by atoms with E-state index in [1.165, 1.54) is 0 Å². The average molecular weight is 544 g/mol. The molecule has 0 saturated carbocycles. The second kappa shape index (κ2) is 9.84. The van der Waals surface area contributed by atoms with Gasteiger partial charge in [-0.05, 0) is 28.7 Å². The van der Waals surface area contributed by atoms with Crippen LogP contribution in [0.1, 0.15) is 29.9 Å². The quantitative estimate of drug-likeness (QED) is 0.501. The van der Waals surface area contributed by atoms with Crippen LogP contribution >= 0.6 is 0 Å². The van der Waals surface area contributed by atoms with Crippen molar-refractivity contribution < 1.29 is 50.6 Å². The Morgan fingerprint density at radius 1 is 0.921 bits per heavy atom. The third-order valence-electron chi connectivity index (χ3n) is 6.59. The average Bonchev–Trinajstić information content (AvgIpc) is 3.17. The maximum absolute atomic E-state index is 13.8. The lowest BCUT2D eigenvalue weighted by Crippen LogP contribution is -2.69. The Morgan fingerprint density at radius 2 is 1.42 bits per heavy atom. The Labute approximate surface area is 212 Å². The Kier molecular flexibility index (Phi) is 7.06. The van der Waals surface area contributed by atoms with Gasteiger partial charge in [-0.3, -0.25) is 9.59 Å². The van der Waals surface area contributed by atoms with E-state index in [0.717, 1.165) is 22.3 Å². The van der Waals surface area contributed by atoms with Gasteiger partial charge in [-0.1, -0.05) is 48.5 Å². The molecule has 1 saturated heterocycles. The minimum Gasteiger partial charge on any atom is -0.481 e. The summed E-state index contributed by atoms with van der Waals surface area (Å²) in [6.07, 6.45) is -2.67. The molecule has 2 N–H and O–H groups in total. The zero-order valence-corrected chi connectivity index (χ0v) is 19.6. The van der Waals surface area contributed by atoms with E-state index in [1.54, 1.807) is 12.1 Å². The molecule has 1 aliphatic heterocycles. The number of halogens is 6. The topological polar surface area (TPSA) is 95.9 Å². The van der Waals surface area contributed by atoms with Crippen LogP contribution in [0, 0.1) is 0 Å². The van der Waals surface area contributed by atoms with Gasteiger partial charge in [0.15, 0.2) is 0 Å². The van der Waals surface area contributed by atoms with Gasteiger partial charge in [-0.2, -0.15) is 26.3 Å². The van der Waals surface area contributed by atoms with Crippen molar-refractivity contribution in [2.75, 3.05) is 19.7 Å². The van der Waals surface area contributed by atoms with Crippen LogP contribution in [0.3, 0.4) is 0 Å². The highest BCUT2D eigenvalue weighted by atomic mass is 19.3. The normalized spacial score (nSPS) is 19.7. The Balaban J connectivity index is 1.48. The maximum Gasteiger partial charge on any atom is 0.407 e. The van der Waals surface area contributed by atoms with Crippen molar-refractivity contribution in [2.45, 2.75) is 42.6 Å². The number of rotatable bonds is 7. The first-order chi connectivity index (χ1) is 17.7. The number of piperidine rings is 1. The number of aliphatic carboxylic acids is 1. The van der Waals surface area contributed by atoms with Gasteiger partial charge in [0, 0.05) is 12.3 Å². The molecule has 1 atom stereocenters. The molecule has 1 fully saturated rings. The van der Waals surface area contributed by atoms with Crippen LogP contribution < -0.4 is 5.32 Å². The van der Waals surface area contributed by atoms with Crippen molar-refractivity contribution in [3.05, 3.63) is 59.7 Å². The fourth-order valence-electron chi connectivity index (χ4n) is 4.69. The number of carbonyl (C=O) groups excluding carboxylic acids is 2. The molecule has 2 aromatic carbocycles. The number of carboxylic acid groups (broad SMARTS) is 1. The lowest BCUT2D eigenvalue weighted by Gasteiger charge is -2.43. The number of amides is 2. The van der Waals surface area contributed by atoms with Gasteiger partial charge in [-0.15, -0.1) is 0 Å². The summed E-state index contributed by atoms with van der Waals surface area (Å²) in [6.45, 7) is -4.29. The highest BCUT2D eigenvalue weighted by Gasteiger charge is 2.75. The van der Waals surface area contributed by atoms with E-state index >= 15 is 0 Å². The van der Waals surface area contributed by atoms with Crippen molar-refractivity contribution >= 4 is 18.0 Å². The highest BCUT2D eigenvalue weighted by molar-refractivity contribution is 5.86. The van der Waals surface area contributed by atoms with Crippen molar-refractivity contribution in [3.63, 3.8) is 0 Å². The molecule has 2 aromatic rings. The molecule has 38 heavy (non-hydrogen) atoms. The number of alkyl halides is 6. The molecule has 1 aliphatic carbocycles. The Bertz CT molecular complexity index is 1190. The number of nitrogens with one attached hydrogen (secondary N) is 1. The first kappa shape index (κ1) is 27.3. The number of nitrogens with zero attached hydrogens (tertiary/aromatic N) is 1. The highest BCUT2D eigenvalue weighted by Crippen LogP contribution is 2.49. The van der Waals surface area contributed by atoms with E-state index in [1.807, 2.05) is 41.7 Å². The molecule has 13 heteroatoms. The minimum absolute atomic E-state index is 0.201. The third-order valence-corrected chi connectivity index (χ3v) is 6.59. The van der Waals surface area contributed by atoms with E-state index in [0.29, 0.717) is 0 Å². The molecule has 4 rings (SSSR count). The van der Waals surface area contributed by atoms with Crippen molar-refractivity contribution in [2.24, 2.45) is 0 Å². The van der Waals surface area contributed by atoms with Gasteiger partial charge < -0.3 is 20.1 Å². The fourth-order valence-corrected chi connectivity index (χ4v) is 4.69.